The molecule has 3 rings (SSSR count). The number of esters is 1. The summed E-state index contributed by atoms with van der Waals surface area (Å²) in [6.45, 7) is 0.179. The van der Waals surface area contributed by atoms with Crippen LogP contribution in [0.2, 0.25) is 0 Å². The summed E-state index contributed by atoms with van der Waals surface area (Å²) in [6, 6.07) is 17.0. The highest BCUT2D eigenvalue weighted by atomic mass is 79.9. The number of nitrogens with zero attached hydrogens (tertiary/aromatic N) is 1. The Kier molecular flexibility index (Phi) is 4.65. The maximum Gasteiger partial charge on any atom is 0.338 e. The molecular weight excluding hydrogens is 362 g/mol. The van der Waals surface area contributed by atoms with Crippen molar-refractivity contribution in [1.29, 1.82) is 0 Å². The Labute approximate surface area is 140 Å². The maximum absolute atomic E-state index is 11.9. The molecule has 0 saturated heterocycles. The van der Waals surface area contributed by atoms with Gasteiger partial charge in [0.05, 0.1) is 11.3 Å². The van der Waals surface area contributed by atoms with E-state index in [-0.39, 0.29) is 12.6 Å². The largest absolute Gasteiger partial charge is 0.456 e. The van der Waals surface area contributed by atoms with Crippen LogP contribution in [0.1, 0.15) is 16.1 Å². The highest BCUT2D eigenvalue weighted by Gasteiger charge is 2.09. The molecular formula is C17H12BrNO2S. The smallest absolute Gasteiger partial charge is 0.338 e. The summed E-state index contributed by atoms with van der Waals surface area (Å²) < 4.78 is 6.22. The molecule has 0 aliphatic heterocycles. The molecule has 0 fully saturated rings. The van der Waals surface area contributed by atoms with Gasteiger partial charge in [0, 0.05) is 15.4 Å². The number of carbonyl (C=O) groups excluding carboxylic acids is 1. The van der Waals surface area contributed by atoms with Crippen LogP contribution in [0.4, 0.5) is 0 Å². The van der Waals surface area contributed by atoms with Crippen molar-refractivity contribution in [1.82, 2.24) is 4.98 Å². The molecule has 0 amide bonds. The Hall–Kier alpha value is -1.98. The minimum atomic E-state index is -0.346. The molecule has 0 aliphatic rings. The number of carbonyl (C=O) groups is 1. The number of thiazole rings is 1. The van der Waals surface area contributed by atoms with Gasteiger partial charge in [-0.2, -0.15) is 0 Å². The number of benzene rings is 2. The fourth-order valence-electron chi connectivity index (χ4n) is 1.90. The lowest BCUT2D eigenvalue weighted by Crippen LogP contribution is -2.05. The Balaban J connectivity index is 1.64. The van der Waals surface area contributed by atoms with Crippen molar-refractivity contribution in [2.75, 3.05) is 0 Å². The van der Waals surface area contributed by atoms with Gasteiger partial charge < -0.3 is 4.74 Å². The third-order valence-electron chi connectivity index (χ3n) is 3.00. The number of aromatic nitrogens is 1. The lowest BCUT2D eigenvalue weighted by atomic mass is 10.2. The third kappa shape index (κ3) is 3.61. The van der Waals surface area contributed by atoms with Crippen molar-refractivity contribution in [3.8, 4) is 10.6 Å². The molecule has 2 aromatic carbocycles. The molecule has 1 aromatic heterocycles. The Morgan fingerprint density at radius 1 is 1.09 bits per heavy atom. The fraction of sp³-hybridized carbons (Fsp3) is 0.0588. The van der Waals surface area contributed by atoms with E-state index in [1.165, 1.54) is 0 Å². The lowest BCUT2D eigenvalue weighted by molar-refractivity contribution is 0.0468. The molecule has 0 atom stereocenters. The van der Waals surface area contributed by atoms with Crippen molar-refractivity contribution in [3.05, 3.63) is 75.7 Å². The van der Waals surface area contributed by atoms with Gasteiger partial charge in [-0.15, -0.1) is 11.3 Å². The number of halogens is 1. The summed E-state index contributed by atoms with van der Waals surface area (Å²) in [5.41, 5.74) is 2.36. The van der Waals surface area contributed by atoms with Gasteiger partial charge in [0.25, 0.3) is 0 Å². The van der Waals surface area contributed by atoms with Crippen molar-refractivity contribution < 1.29 is 9.53 Å². The number of rotatable bonds is 4. The van der Waals surface area contributed by atoms with E-state index in [0.717, 1.165) is 20.7 Å². The number of hydrogen-bond acceptors (Lipinski definition) is 4. The molecule has 0 unspecified atom stereocenters. The number of ether oxygens (including phenoxy) is 1. The van der Waals surface area contributed by atoms with E-state index in [0.29, 0.717) is 5.56 Å². The first-order valence-corrected chi connectivity index (χ1v) is 8.32. The van der Waals surface area contributed by atoms with Crippen LogP contribution in [0.25, 0.3) is 10.6 Å². The second-order valence-electron chi connectivity index (χ2n) is 4.59. The van der Waals surface area contributed by atoms with Crippen LogP contribution in [0, 0.1) is 0 Å². The van der Waals surface area contributed by atoms with Crippen LogP contribution in [0.15, 0.2) is 64.5 Å². The van der Waals surface area contributed by atoms with Crippen molar-refractivity contribution in [2.45, 2.75) is 6.61 Å². The predicted octanol–water partition coefficient (Wildman–Crippen LogP) is 4.93. The Morgan fingerprint density at radius 2 is 1.82 bits per heavy atom. The van der Waals surface area contributed by atoms with Gasteiger partial charge in [0.15, 0.2) is 0 Å². The van der Waals surface area contributed by atoms with Gasteiger partial charge in [-0.1, -0.05) is 46.3 Å². The van der Waals surface area contributed by atoms with Gasteiger partial charge >= 0.3 is 5.97 Å². The van der Waals surface area contributed by atoms with Crippen LogP contribution >= 0.6 is 27.3 Å². The average Bonchev–Trinajstić information content (AvgIpc) is 3.03. The zero-order chi connectivity index (χ0) is 15.4. The van der Waals surface area contributed by atoms with Gasteiger partial charge in [-0.25, -0.2) is 9.78 Å². The monoisotopic (exact) mass is 373 g/mol. The lowest BCUT2D eigenvalue weighted by Gasteiger charge is -2.03. The van der Waals surface area contributed by atoms with Crippen LogP contribution in [0.5, 0.6) is 0 Å². The molecule has 1 heterocycles. The van der Waals surface area contributed by atoms with Crippen molar-refractivity contribution in [3.63, 3.8) is 0 Å². The third-order valence-corrected chi connectivity index (χ3v) is 4.47. The summed E-state index contributed by atoms with van der Waals surface area (Å²) in [5.74, 6) is -0.346. The maximum atomic E-state index is 11.9. The summed E-state index contributed by atoms with van der Waals surface area (Å²) in [6.07, 6.45) is 0. The highest BCUT2D eigenvalue weighted by Crippen LogP contribution is 2.23. The van der Waals surface area contributed by atoms with E-state index in [1.54, 1.807) is 23.5 Å². The first-order valence-electron chi connectivity index (χ1n) is 6.65. The van der Waals surface area contributed by atoms with Gasteiger partial charge in [0.2, 0.25) is 0 Å². The molecule has 110 valence electrons. The highest BCUT2D eigenvalue weighted by molar-refractivity contribution is 9.10. The molecule has 0 N–H and O–H groups in total. The predicted molar refractivity (Wildman–Crippen MR) is 90.8 cm³/mol. The summed E-state index contributed by atoms with van der Waals surface area (Å²) in [7, 11) is 0. The standard InChI is InChI=1S/C17H12BrNO2S/c18-14-8-6-13(7-9-14)17(20)21-10-15-11-22-16(19-15)12-4-2-1-3-5-12/h1-9,11H,10H2. The summed E-state index contributed by atoms with van der Waals surface area (Å²) in [5, 5.41) is 2.84. The van der Waals surface area contributed by atoms with E-state index in [4.69, 9.17) is 4.74 Å². The van der Waals surface area contributed by atoms with Crippen LogP contribution in [-0.4, -0.2) is 11.0 Å². The second-order valence-corrected chi connectivity index (χ2v) is 6.37. The van der Waals surface area contributed by atoms with Gasteiger partial charge in [-0.05, 0) is 24.3 Å². The first kappa shape index (κ1) is 14.9. The van der Waals surface area contributed by atoms with Crippen LogP contribution < -0.4 is 0 Å². The molecule has 0 radical (unpaired) electrons. The van der Waals surface area contributed by atoms with E-state index in [1.807, 2.05) is 47.8 Å². The molecule has 0 spiro atoms. The van der Waals surface area contributed by atoms with Crippen molar-refractivity contribution in [2.24, 2.45) is 0 Å². The molecule has 22 heavy (non-hydrogen) atoms. The topological polar surface area (TPSA) is 39.2 Å². The fourth-order valence-corrected chi connectivity index (χ4v) is 2.97. The second kappa shape index (κ2) is 6.85. The first-order chi connectivity index (χ1) is 10.7. The minimum absolute atomic E-state index is 0.179. The molecule has 0 aliphatic carbocycles. The minimum Gasteiger partial charge on any atom is -0.456 e. The Morgan fingerprint density at radius 3 is 2.55 bits per heavy atom. The Bertz CT molecular complexity index is 769. The van der Waals surface area contributed by atoms with E-state index in [2.05, 4.69) is 20.9 Å². The zero-order valence-electron chi connectivity index (χ0n) is 11.5. The molecule has 3 aromatic rings. The van der Waals surface area contributed by atoms with Gasteiger partial charge in [0.1, 0.15) is 11.6 Å². The zero-order valence-corrected chi connectivity index (χ0v) is 13.9. The van der Waals surface area contributed by atoms with E-state index >= 15 is 0 Å². The molecule has 3 nitrogen and oxygen atoms in total. The number of hydrogen-bond donors (Lipinski definition) is 0. The molecule has 5 heteroatoms. The molecule has 0 saturated carbocycles. The van der Waals surface area contributed by atoms with Crippen LogP contribution in [-0.2, 0) is 11.3 Å². The van der Waals surface area contributed by atoms with E-state index < -0.39 is 0 Å². The van der Waals surface area contributed by atoms with Gasteiger partial charge in [-0.3, -0.25) is 0 Å². The SMILES string of the molecule is O=C(OCc1csc(-c2ccccc2)n1)c1ccc(Br)cc1. The summed E-state index contributed by atoms with van der Waals surface area (Å²) >= 11 is 4.88. The normalized spacial score (nSPS) is 10.4. The average molecular weight is 374 g/mol. The molecule has 0 bridgehead atoms. The van der Waals surface area contributed by atoms with Crippen LogP contribution in [0.3, 0.4) is 0 Å². The summed E-state index contributed by atoms with van der Waals surface area (Å²) in [4.78, 5) is 16.4. The quantitative estimate of drug-likeness (QED) is 0.608. The van der Waals surface area contributed by atoms with E-state index in [9.17, 15) is 4.79 Å². The van der Waals surface area contributed by atoms with Crippen molar-refractivity contribution >= 4 is 33.2 Å².